The maximum Gasteiger partial charge on any atom is 0.123 e. The van der Waals surface area contributed by atoms with Crippen molar-refractivity contribution in [3.63, 3.8) is 0 Å². The van der Waals surface area contributed by atoms with Gasteiger partial charge in [-0.15, -0.1) is 16.4 Å². The van der Waals surface area contributed by atoms with Gasteiger partial charge in [-0.05, 0) is 73.8 Å². The van der Waals surface area contributed by atoms with Crippen LogP contribution in [0.3, 0.4) is 0 Å². The van der Waals surface area contributed by atoms with Crippen LogP contribution >= 0.6 is 11.3 Å². The molecule has 1 aromatic carbocycles. The highest BCUT2D eigenvalue weighted by molar-refractivity contribution is 7.18. The fourth-order valence-corrected chi connectivity index (χ4v) is 5.26. The largest absolute Gasteiger partial charge is 0.491 e. The number of ether oxygens (including phenoxy) is 1. The van der Waals surface area contributed by atoms with Gasteiger partial charge in [0.1, 0.15) is 18.1 Å². The summed E-state index contributed by atoms with van der Waals surface area (Å²) >= 11 is 1.73. The van der Waals surface area contributed by atoms with E-state index < -0.39 is 0 Å². The number of aliphatic hydroxyl groups is 1. The molecule has 5 heterocycles. The Morgan fingerprint density at radius 3 is 2.57 bits per heavy atom. The third kappa shape index (κ3) is 3.45. The lowest BCUT2D eigenvalue weighted by Crippen LogP contribution is -2.48. The van der Waals surface area contributed by atoms with E-state index in [-0.39, 0.29) is 6.61 Å². The average molecular weight is 397 g/mol. The molecule has 6 rings (SSSR count). The Balaban J connectivity index is 1.32. The fraction of sp³-hybridized carbons (Fsp3) is 0.429. The fourth-order valence-electron chi connectivity index (χ4n) is 4.29. The monoisotopic (exact) mass is 396 g/mol. The van der Waals surface area contributed by atoms with Crippen LogP contribution in [0.1, 0.15) is 18.9 Å². The van der Waals surface area contributed by atoms with Gasteiger partial charge in [0.05, 0.1) is 23.7 Å². The molecule has 0 amide bonds. The second kappa shape index (κ2) is 7.66. The highest BCUT2D eigenvalue weighted by atomic mass is 32.1. The minimum Gasteiger partial charge on any atom is -0.491 e. The SMILES string of the molecule is OCCOc1ccc(-c2ccc(-c3cn([C@H]4CN5CCC4CC5)nn3)s2)cc1. The highest BCUT2D eigenvalue weighted by Crippen LogP contribution is 2.37. The number of hydrogen-bond acceptors (Lipinski definition) is 6. The number of aromatic nitrogens is 3. The zero-order valence-electron chi connectivity index (χ0n) is 15.7. The number of aliphatic hydroxyl groups excluding tert-OH is 1. The summed E-state index contributed by atoms with van der Waals surface area (Å²) in [5, 5.41) is 17.8. The summed E-state index contributed by atoms with van der Waals surface area (Å²) in [6, 6.07) is 12.7. The van der Waals surface area contributed by atoms with Crippen LogP contribution in [0, 0.1) is 5.92 Å². The first-order valence-corrected chi connectivity index (χ1v) is 10.7. The Morgan fingerprint density at radius 1 is 1.07 bits per heavy atom. The standard InChI is InChI=1S/C21H24N4O2S/c26-11-12-27-17-3-1-16(2-4-17)20-5-6-21(28-20)18-13-25(23-22-18)19-14-24-9-7-15(19)8-10-24/h1-6,13,15,19,26H,7-12,14H2/t19-/m0/s1. The third-order valence-corrected chi connectivity index (χ3v) is 6.99. The van der Waals surface area contributed by atoms with E-state index in [9.17, 15) is 0 Å². The van der Waals surface area contributed by atoms with Crippen molar-refractivity contribution in [3.05, 3.63) is 42.6 Å². The van der Waals surface area contributed by atoms with Gasteiger partial charge in [-0.1, -0.05) is 5.21 Å². The Bertz CT molecular complexity index is 928. The lowest BCUT2D eigenvalue weighted by Gasteiger charge is -2.44. The molecule has 2 aromatic heterocycles. The molecule has 0 aliphatic carbocycles. The van der Waals surface area contributed by atoms with Crippen LogP contribution in [-0.4, -0.2) is 57.8 Å². The van der Waals surface area contributed by atoms with Crippen molar-refractivity contribution < 1.29 is 9.84 Å². The normalized spacial score (nSPS) is 23.8. The van der Waals surface area contributed by atoms with Gasteiger partial charge in [0.15, 0.2) is 0 Å². The van der Waals surface area contributed by atoms with Crippen LogP contribution in [0.2, 0.25) is 0 Å². The lowest BCUT2D eigenvalue weighted by atomic mass is 9.84. The van der Waals surface area contributed by atoms with E-state index in [0.29, 0.717) is 12.6 Å². The number of benzene rings is 1. The van der Waals surface area contributed by atoms with Gasteiger partial charge >= 0.3 is 0 Å². The van der Waals surface area contributed by atoms with Crippen molar-refractivity contribution in [1.82, 2.24) is 19.9 Å². The van der Waals surface area contributed by atoms with E-state index in [2.05, 4.69) is 38.2 Å². The van der Waals surface area contributed by atoms with E-state index in [0.717, 1.165) is 34.3 Å². The summed E-state index contributed by atoms with van der Waals surface area (Å²) in [5.41, 5.74) is 2.10. The topological polar surface area (TPSA) is 63.4 Å². The molecule has 2 bridgehead atoms. The van der Waals surface area contributed by atoms with Crippen molar-refractivity contribution >= 4 is 11.3 Å². The molecule has 0 saturated carbocycles. The zero-order valence-corrected chi connectivity index (χ0v) is 16.5. The molecule has 6 nitrogen and oxygen atoms in total. The predicted octanol–water partition coefficient (Wildman–Crippen LogP) is 3.31. The second-order valence-electron chi connectivity index (χ2n) is 7.55. The average Bonchev–Trinajstić information content (AvgIpc) is 3.43. The Labute approximate surface area is 168 Å². The number of nitrogens with zero attached hydrogens (tertiary/aromatic N) is 4. The Morgan fingerprint density at radius 2 is 1.86 bits per heavy atom. The summed E-state index contributed by atoms with van der Waals surface area (Å²) in [4.78, 5) is 4.88. The minimum atomic E-state index is 0.0242. The molecule has 7 heteroatoms. The van der Waals surface area contributed by atoms with Crippen LogP contribution in [0.15, 0.2) is 42.6 Å². The van der Waals surface area contributed by atoms with E-state index in [4.69, 9.17) is 9.84 Å². The summed E-state index contributed by atoms with van der Waals surface area (Å²) in [6.07, 6.45) is 4.68. The second-order valence-corrected chi connectivity index (χ2v) is 8.63. The molecule has 3 aromatic rings. The van der Waals surface area contributed by atoms with Crippen molar-refractivity contribution in [2.45, 2.75) is 18.9 Å². The number of thiophene rings is 1. The maximum absolute atomic E-state index is 8.85. The molecule has 1 N–H and O–H groups in total. The predicted molar refractivity (Wildman–Crippen MR) is 110 cm³/mol. The molecule has 146 valence electrons. The first-order chi connectivity index (χ1) is 13.8. The van der Waals surface area contributed by atoms with Crippen molar-refractivity contribution in [2.75, 3.05) is 32.8 Å². The van der Waals surface area contributed by atoms with Gasteiger partial charge in [-0.25, -0.2) is 4.68 Å². The molecular weight excluding hydrogens is 372 g/mol. The maximum atomic E-state index is 8.85. The molecule has 3 aliphatic rings. The summed E-state index contributed by atoms with van der Waals surface area (Å²) in [5.74, 6) is 1.51. The van der Waals surface area contributed by atoms with Crippen LogP contribution in [0.5, 0.6) is 5.75 Å². The van der Waals surface area contributed by atoms with E-state index in [1.807, 2.05) is 24.3 Å². The van der Waals surface area contributed by atoms with Crippen LogP contribution in [0.4, 0.5) is 0 Å². The van der Waals surface area contributed by atoms with Gasteiger partial charge in [0.25, 0.3) is 0 Å². The molecule has 0 unspecified atom stereocenters. The van der Waals surface area contributed by atoms with Crippen LogP contribution < -0.4 is 4.74 Å². The number of piperidine rings is 3. The van der Waals surface area contributed by atoms with Gasteiger partial charge in [0, 0.05) is 11.4 Å². The van der Waals surface area contributed by atoms with Crippen molar-refractivity contribution in [1.29, 1.82) is 0 Å². The zero-order chi connectivity index (χ0) is 18.9. The summed E-state index contributed by atoms with van der Waals surface area (Å²) in [7, 11) is 0. The van der Waals surface area contributed by atoms with Gasteiger partial charge in [-0.3, -0.25) is 0 Å². The van der Waals surface area contributed by atoms with Gasteiger partial charge < -0.3 is 14.7 Å². The Hall–Kier alpha value is -2.22. The van der Waals surface area contributed by atoms with E-state index in [1.165, 1.54) is 30.8 Å². The summed E-state index contributed by atoms with van der Waals surface area (Å²) in [6.45, 7) is 3.92. The number of rotatable bonds is 6. The molecule has 0 spiro atoms. The van der Waals surface area contributed by atoms with Crippen LogP contribution in [0.25, 0.3) is 21.0 Å². The molecule has 0 radical (unpaired) electrons. The van der Waals surface area contributed by atoms with Crippen LogP contribution in [-0.2, 0) is 0 Å². The molecule has 3 aliphatic heterocycles. The van der Waals surface area contributed by atoms with Gasteiger partial charge in [0.2, 0.25) is 0 Å². The van der Waals surface area contributed by atoms with E-state index in [1.54, 1.807) is 11.3 Å². The minimum absolute atomic E-state index is 0.0242. The first kappa shape index (κ1) is 17.8. The van der Waals surface area contributed by atoms with Crippen molar-refractivity contribution in [2.24, 2.45) is 5.92 Å². The number of hydrogen-bond donors (Lipinski definition) is 1. The first-order valence-electron chi connectivity index (χ1n) is 9.88. The Kier molecular flexibility index (Phi) is 4.88. The molecule has 3 saturated heterocycles. The van der Waals surface area contributed by atoms with E-state index >= 15 is 0 Å². The molecule has 28 heavy (non-hydrogen) atoms. The smallest absolute Gasteiger partial charge is 0.123 e. The molecule has 3 fully saturated rings. The summed E-state index contributed by atoms with van der Waals surface area (Å²) < 4.78 is 7.53. The lowest BCUT2D eigenvalue weighted by molar-refractivity contribution is 0.0504. The van der Waals surface area contributed by atoms with Crippen molar-refractivity contribution in [3.8, 4) is 26.8 Å². The molecular formula is C21H24N4O2S. The highest BCUT2D eigenvalue weighted by Gasteiger charge is 2.35. The third-order valence-electron chi connectivity index (χ3n) is 5.83. The number of fused-ring (bicyclic) bond motifs is 3. The quantitative estimate of drug-likeness (QED) is 0.693. The van der Waals surface area contributed by atoms with Gasteiger partial charge in [-0.2, -0.15) is 0 Å². The molecule has 1 atom stereocenters.